The second-order valence-corrected chi connectivity index (χ2v) is 17.4. The lowest BCUT2D eigenvalue weighted by atomic mass is 9.99. The first-order valence-corrected chi connectivity index (χ1v) is 23.6. The molecule has 7 rings (SSSR count). The Balaban J connectivity index is 0.000000275. The van der Waals surface area contributed by atoms with Gasteiger partial charge in [-0.1, -0.05) is 6.92 Å². The molecular weight excluding hydrogens is 1170 g/mol. The van der Waals surface area contributed by atoms with Crippen molar-refractivity contribution in [1.29, 1.82) is 0 Å². The number of nitrogens with zero attached hydrogens (tertiary/aromatic N) is 6. The van der Waals surface area contributed by atoms with Crippen LogP contribution in [0.1, 0.15) is 104 Å². The van der Waals surface area contributed by atoms with Crippen LogP contribution in [0.15, 0.2) is 0 Å². The molecule has 0 aromatic carbocycles. The molecule has 0 aromatic heterocycles. The SMILES string of the molecule is C#CC(=O)ON1C(=O)CCC1=O.CC(F)(F)C(F)(F)C(F)(F)C(=O)ON1C(=O)CCC1=O.CCCC(=O)ON1C(=O)CC(C(F)(F)C(F)(F)F)C1=O.O=C(ON1C(=O)CCC1=O)C1CCOC1.O=C1CCCN1C(=O)ON1C(=O)CCC1=O. The number of hydroxylamine groups is 10. The predicted molar refractivity (Wildman–Crippen MR) is 230 cm³/mol. The molecular formula is C44H43F11N6O22. The van der Waals surface area contributed by atoms with Crippen molar-refractivity contribution in [3.8, 4) is 12.3 Å². The number of imide groups is 6. The third-order valence-corrected chi connectivity index (χ3v) is 11.2. The van der Waals surface area contributed by atoms with Crippen LogP contribution in [0.3, 0.4) is 0 Å². The van der Waals surface area contributed by atoms with Gasteiger partial charge in [0.2, 0.25) is 5.91 Å². The van der Waals surface area contributed by atoms with Crippen LogP contribution in [-0.2, 0) is 101 Å². The largest absolute Gasteiger partial charge is 0.454 e. The number of ether oxygens (including phenoxy) is 1. The maximum absolute atomic E-state index is 13.1. The summed E-state index contributed by atoms with van der Waals surface area (Å²) in [5, 5.41) is 0.652. The van der Waals surface area contributed by atoms with Gasteiger partial charge in [-0.05, 0) is 19.3 Å². The van der Waals surface area contributed by atoms with Crippen molar-refractivity contribution in [2.75, 3.05) is 19.8 Å². The molecule has 0 bridgehead atoms. The summed E-state index contributed by atoms with van der Waals surface area (Å²) in [6.45, 7) is 2.14. The van der Waals surface area contributed by atoms with E-state index >= 15 is 0 Å². The van der Waals surface area contributed by atoms with Crippen LogP contribution in [0.4, 0.5) is 53.1 Å². The molecule has 12 amide bonds. The van der Waals surface area contributed by atoms with Gasteiger partial charge in [-0.25, -0.2) is 28.9 Å². The molecule has 0 aromatic rings. The van der Waals surface area contributed by atoms with Gasteiger partial charge in [0.15, 0.2) is 0 Å². The maximum Gasteiger partial charge on any atom is 0.454 e. The van der Waals surface area contributed by atoms with Crippen LogP contribution in [0.25, 0.3) is 0 Å². The zero-order valence-corrected chi connectivity index (χ0v) is 42.6. The first kappa shape index (κ1) is 68.5. The summed E-state index contributed by atoms with van der Waals surface area (Å²) in [5.74, 6) is -39.1. The molecule has 39 heteroatoms. The standard InChI is InChI=1S/C10H10F5NO4.C9H7F6NO4.C9H10N2O5.C9H11NO5.C7H5NO4/c1-2-3-7(18)20-16-6(17)4-5(8(16)19)9(11,12)10(13,14)15;1-7(10,11)9(14,15)8(12,13)6(19)20-16-4(17)2-3-5(16)18;12-6-2-1-5-10(6)9(15)16-11-7(13)3-4-8(11)14;11-7-1-2-8(12)10(7)15-9(13)6-3-4-14-5-6;1-2-7(11)12-8-5(9)3-4-6(8)10/h5H,2-4H2,1H3;2-3H2,1H3;1-5H2;6H,1-5H2;1H,3-4H2. The fourth-order valence-electron chi connectivity index (χ4n) is 6.68. The second kappa shape index (κ2) is 27.8. The number of rotatable bonds is 12. The Bertz CT molecular complexity index is 2640. The molecule has 0 spiro atoms. The monoisotopic (exact) mass is 1220 g/mol. The van der Waals surface area contributed by atoms with Crippen LogP contribution in [0.2, 0.25) is 0 Å². The Labute approximate surface area is 456 Å². The summed E-state index contributed by atoms with van der Waals surface area (Å²) >= 11 is 0. The number of carbonyl (C=O) groups excluding carboxylic acids is 16. The zero-order chi connectivity index (χ0) is 63.3. The van der Waals surface area contributed by atoms with Gasteiger partial charge in [0.25, 0.3) is 59.1 Å². The van der Waals surface area contributed by atoms with Crippen molar-refractivity contribution in [3.05, 3.63) is 0 Å². The summed E-state index contributed by atoms with van der Waals surface area (Å²) in [7, 11) is 0. The first-order valence-electron chi connectivity index (χ1n) is 23.6. The van der Waals surface area contributed by atoms with Crippen molar-refractivity contribution < 1.29 is 154 Å². The number of amides is 12. The molecule has 458 valence electrons. The van der Waals surface area contributed by atoms with E-state index in [0.29, 0.717) is 41.2 Å². The van der Waals surface area contributed by atoms with E-state index in [-0.39, 0.29) is 81.2 Å². The predicted octanol–water partition coefficient (Wildman–Crippen LogP) is 2.00. The smallest absolute Gasteiger partial charge is 0.381 e. The van der Waals surface area contributed by atoms with Gasteiger partial charge in [-0.15, -0.1) is 31.7 Å². The van der Waals surface area contributed by atoms with Gasteiger partial charge in [-0.3, -0.25) is 52.7 Å². The van der Waals surface area contributed by atoms with Crippen molar-refractivity contribution in [3.63, 3.8) is 0 Å². The van der Waals surface area contributed by atoms with Crippen molar-refractivity contribution in [1.82, 2.24) is 30.2 Å². The van der Waals surface area contributed by atoms with Crippen LogP contribution >= 0.6 is 0 Å². The van der Waals surface area contributed by atoms with Crippen LogP contribution in [0, 0.1) is 24.2 Å². The van der Waals surface area contributed by atoms with Gasteiger partial charge < -0.3 is 28.9 Å². The Morgan fingerprint density at radius 1 is 0.578 bits per heavy atom. The molecule has 7 fully saturated rings. The third kappa shape index (κ3) is 16.9. The number of halogens is 11. The molecule has 28 nitrogen and oxygen atoms in total. The molecule has 7 heterocycles. The van der Waals surface area contributed by atoms with E-state index in [0.717, 1.165) is 4.90 Å². The van der Waals surface area contributed by atoms with Gasteiger partial charge in [0.1, 0.15) is 5.92 Å². The van der Waals surface area contributed by atoms with Crippen LogP contribution in [-0.4, -0.2) is 175 Å². The highest BCUT2D eigenvalue weighted by atomic mass is 19.4. The molecule has 7 aliphatic rings. The maximum atomic E-state index is 13.1. The van der Waals surface area contributed by atoms with Crippen LogP contribution < -0.4 is 0 Å². The molecule has 2 atom stereocenters. The molecule has 0 radical (unpaired) electrons. The van der Waals surface area contributed by atoms with Gasteiger partial charge in [0.05, 0.1) is 12.5 Å². The fourth-order valence-corrected chi connectivity index (χ4v) is 6.68. The lowest BCUT2D eigenvalue weighted by molar-refractivity contribution is -0.305. The topological polar surface area (TPSA) is 348 Å². The van der Waals surface area contributed by atoms with Crippen LogP contribution in [0.5, 0.6) is 0 Å². The number of likely N-dealkylation sites (tertiary alicyclic amines) is 1. The van der Waals surface area contributed by atoms with Crippen molar-refractivity contribution >= 4 is 94.9 Å². The highest BCUT2D eigenvalue weighted by Crippen LogP contribution is 2.47. The minimum atomic E-state index is -6.05. The lowest BCUT2D eigenvalue weighted by Gasteiger charge is -2.29. The average molecular weight is 1220 g/mol. The molecule has 2 unspecified atom stereocenters. The minimum Gasteiger partial charge on any atom is -0.381 e. The quantitative estimate of drug-likeness (QED) is 0.153. The Morgan fingerprint density at radius 2 is 1.01 bits per heavy atom. The molecule has 0 saturated carbocycles. The Kier molecular flexibility index (Phi) is 23.0. The molecule has 7 aliphatic heterocycles. The van der Waals surface area contributed by atoms with Gasteiger partial charge in [0, 0.05) is 96.6 Å². The average Bonchev–Trinajstić information content (AvgIpc) is 3.57. The Morgan fingerprint density at radius 3 is 1.39 bits per heavy atom. The molecule has 0 N–H and O–H groups in total. The summed E-state index contributed by atoms with van der Waals surface area (Å²) in [6, 6.07) is 0. The number of hydrogen-bond donors (Lipinski definition) is 0. The molecule has 0 aliphatic carbocycles. The fraction of sp³-hybridized carbons (Fsp3) is 0.591. The summed E-state index contributed by atoms with van der Waals surface area (Å²) < 4.78 is 144. The van der Waals surface area contributed by atoms with E-state index in [9.17, 15) is 125 Å². The number of carbonyl (C=O) groups is 16. The van der Waals surface area contributed by atoms with Crippen molar-refractivity contribution in [2.45, 2.75) is 134 Å². The van der Waals surface area contributed by atoms with Crippen molar-refractivity contribution in [2.24, 2.45) is 11.8 Å². The minimum absolute atomic E-state index is 0.0417. The number of alkyl halides is 11. The van der Waals surface area contributed by atoms with E-state index < -0.39 is 156 Å². The van der Waals surface area contributed by atoms with E-state index in [4.69, 9.17) is 9.57 Å². The normalized spacial score (nSPS) is 20.3. The van der Waals surface area contributed by atoms with Gasteiger partial charge in [-0.2, -0.15) is 48.3 Å². The first-order chi connectivity index (χ1) is 38.3. The number of hydrogen-bond acceptors (Lipinski definition) is 22. The Hall–Kier alpha value is -8.73. The zero-order valence-electron chi connectivity index (χ0n) is 42.6. The second-order valence-electron chi connectivity index (χ2n) is 17.4. The molecule has 83 heavy (non-hydrogen) atoms. The highest BCUT2D eigenvalue weighted by Gasteiger charge is 2.74. The van der Waals surface area contributed by atoms with E-state index in [1.54, 1.807) is 12.8 Å². The van der Waals surface area contributed by atoms with E-state index in [2.05, 4.69) is 25.8 Å². The highest BCUT2D eigenvalue weighted by molar-refractivity contribution is 6.05. The third-order valence-electron chi connectivity index (χ3n) is 11.2. The van der Waals surface area contributed by atoms with E-state index in [1.165, 1.54) is 0 Å². The summed E-state index contributed by atoms with van der Waals surface area (Å²) in [5.41, 5.74) is 0. The van der Waals surface area contributed by atoms with Gasteiger partial charge >= 0.3 is 59.8 Å². The van der Waals surface area contributed by atoms with E-state index in [1.807, 2.05) is 0 Å². The lowest BCUT2D eigenvalue weighted by Crippen LogP contribution is -2.58. The summed E-state index contributed by atoms with van der Waals surface area (Å²) in [6.07, 6.45) is -2.60. The summed E-state index contributed by atoms with van der Waals surface area (Å²) in [4.78, 5) is 199. The number of terminal acetylenes is 1. The molecule has 7 saturated heterocycles.